The van der Waals surface area contributed by atoms with E-state index in [1.54, 1.807) is 11.8 Å². The van der Waals surface area contributed by atoms with Crippen molar-refractivity contribution in [3.05, 3.63) is 52.0 Å². The Bertz CT molecular complexity index is 736. The number of benzene rings is 2. The number of carbonyl (C=O) groups is 1. The van der Waals surface area contributed by atoms with Crippen LogP contribution in [0, 0.1) is 6.92 Å². The Morgan fingerprint density at radius 2 is 2.04 bits per heavy atom. The molecule has 0 spiro atoms. The number of anilines is 1. The maximum absolute atomic E-state index is 12.0. The average Bonchev–Trinajstić information content (AvgIpc) is 2.98. The van der Waals surface area contributed by atoms with Crippen molar-refractivity contribution in [1.29, 1.82) is 0 Å². The summed E-state index contributed by atoms with van der Waals surface area (Å²) in [5.41, 5.74) is 3.03. The maximum atomic E-state index is 12.0. The van der Waals surface area contributed by atoms with Gasteiger partial charge in [0, 0.05) is 15.9 Å². The van der Waals surface area contributed by atoms with Gasteiger partial charge in [-0.15, -0.1) is 11.8 Å². The van der Waals surface area contributed by atoms with Gasteiger partial charge in [-0.25, -0.2) is 0 Å². The number of carbonyl (C=O) groups excluding carboxylic acids is 1. The van der Waals surface area contributed by atoms with Gasteiger partial charge in [-0.1, -0.05) is 22.0 Å². The fourth-order valence-electron chi connectivity index (χ4n) is 2.21. The van der Waals surface area contributed by atoms with E-state index in [0.717, 1.165) is 38.5 Å². The van der Waals surface area contributed by atoms with Crippen LogP contribution in [-0.2, 0) is 10.5 Å². The molecule has 0 fully saturated rings. The maximum Gasteiger partial charge on any atom is 0.234 e. The zero-order chi connectivity index (χ0) is 16.2. The van der Waals surface area contributed by atoms with Crippen LogP contribution in [0.5, 0.6) is 11.5 Å². The molecule has 1 heterocycles. The molecular weight excluding hydrogens is 378 g/mol. The van der Waals surface area contributed by atoms with E-state index in [0.29, 0.717) is 5.75 Å². The minimum absolute atomic E-state index is 0.00235. The molecule has 120 valence electrons. The zero-order valence-corrected chi connectivity index (χ0v) is 15.0. The number of ether oxygens (including phenoxy) is 2. The standard InChI is InChI=1S/C17H16BrNO3S/c1-11-6-13(3-4-14(11)18)19-17(20)9-23-8-12-2-5-15-16(7-12)22-10-21-15/h2-7H,8-10H2,1H3,(H,19,20). The first kappa shape index (κ1) is 16.2. The highest BCUT2D eigenvalue weighted by Gasteiger charge is 2.13. The van der Waals surface area contributed by atoms with Crippen LogP contribution in [-0.4, -0.2) is 18.5 Å². The van der Waals surface area contributed by atoms with Gasteiger partial charge in [-0.05, 0) is 48.4 Å². The number of rotatable bonds is 5. The second kappa shape index (κ2) is 7.27. The lowest BCUT2D eigenvalue weighted by Crippen LogP contribution is -2.14. The number of halogens is 1. The van der Waals surface area contributed by atoms with Crippen LogP contribution in [0.2, 0.25) is 0 Å². The Morgan fingerprint density at radius 1 is 1.22 bits per heavy atom. The molecule has 1 aliphatic rings. The number of hydrogen-bond acceptors (Lipinski definition) is 4. The van der Waals surface area contributed by atoms with Crippen LogP contribution in [0.3, 0.4) is 0 Å². The Kier molecular flexibility index (Phi) is 5.13. The molecule has 0 aromatic heterocycles. The summed E-state index contributed by atoms with van der Waals surface area (Å²) < 4.78 is 11.7. The monoisotopic (exact) mass is 393 g/mol. The number of nitrogens with one attached hydrogen (secondary N) is 1. The van der Waals surface area contributed by atoms with E-state index in [-0.39, 0.29) is 12.7 Å². The normalized spacial score (nSPS) is 12.3. The molecule has 0 radical (unpaired) electrons. The van der Waals surface area contributed by atoms with Crippen molar-refractivity contribution in [2.24, 2.45) is 0 Å². The number of aryl methyl sites for hydroxylation is 1. The first-order valence-corrected chi connectivity index (χ1v) is 9.09. The molecule has 1 N–H and O–H groups in total. The highest BCUT2D eigenvalue weighted by molar-refractivity contribution is 9.10. The van der Waals surface area contributed by atoms with E-state index in [9.17, 15) is 4.79 Å². The van der Waals surface area contributed by atoms with Crippen LogP contribution < -0.4 is 14.8 Å². The summed E-state index contributed by atoms with van der Waals surface area (Å²) in [6.45, 7) is 2.27. The van der Waals surface area contributed by atoms with Gasteiger partial charge < -0.3 is 14.8 Å². The average molecular weight is 394 g/mol. The first-order valence-electron chi connectivity index (χ1n) is 7.14. The molecule has 1 amide bonds. The van der Waals surface area contributed by atoms with Crippen LogP contribution in [0.15, 0.2) is 40.9 Å². The SMILES string of the molecule is Cc1cc(NC(=O)CSCc2ccc3c(c2)OCO3)ccc1Br. The minimum atomic E-state index is -0.00235. The van der Waals surface area contributed by atoms with E-state index in [4.69, 9.17) is 9.47 Å². The van der Waals surface area contributed by atoms with Crippen LogP contribution in [0.1, 0.15) is 11.1 Å². The van der Waals surface area contributed by atoms with Gasteiger partial charge in [0.05, 0.1) is 5.75 Å². The molecule has 0 unspecified atom stereocenters. The third kappa shape index (κ3) is 4.20. The Labute approximate surface area is 147 Å². The van der Waals surface area contributed by atoms with Gasteiger partial charge in [0.25, 0.3) is 0 Å². The summed E-state index contributed by atoms with van der Waals surface area (Å²) >= 11 is 5.02. The molecular formula is C17H16BrNO3S. The van der Waals surface area contributed by atoms with Crippen molar-refractivity contribution in [3.63, 3.8) is 0 Å². The minimum Gasteiger partial charge on any atom is -0.454 e. The molecule has 2 aromatic carbocycles. The van der Waals surface area contributed by atoms with Crippen molar-refractivity contribution < 1.29 is 14.3 Å². The Balaban J connectivity index is 1.48. The summed E-state index contributed by atoms with van der Waals surface area (Å²) in [5.74, 6) is 2.71. The topological polar surface area (TPSA) is 47.6 Å². The Morgan fingerprint density at radius 3 is 2.87 bits per heavy atom. The van der Waals surface area contributed by atoms with Crippen molar-refractivity contribution in [2.45, 2.75) is 12.7 Å². The Hall–Kier alpha value is -1.66. The van der Waals surface area contributed by atoms with Gasteiger partial charge in [-0.3, -0.25) is 4.79 Å². The van der Waals surface area contributed by atoms with Gasteiger partial charge in [0.15, 0.2) is 11.5 Å². The molecule has 3 rings (SSSR count). The number of thioether (sulfide) groups is 1. The third-order valence-electron chi connectivity index (χ3n) is 3.38. The molecule has 0 saturated carbocycles. The van der Waals surface area contributed by atoms with Crippen LogP contribution >= 0.6 is 27.7 Å². The quantitative estimate of drug-likeness (QED) is 0.819. The summed E-state index contributed by atoms with van der Waals surface area (Å²) in [7, 11) is 0. The van der Waals surface area contributed by atoms with Gasteiger partial charge in [0.1, 0.15) is 0 Å². The molecule has 1 aliphatic heterocycles. The molecule has 0 atom stereocenters. The lowest BCUT2D eigenvalue weighted by Gasteiger charge is -2.07. The van der Waals surface area contributed by atoms with Crippen molar-refractivity contribution in [3.8, 4) is 11.5 Å². The third-order valence-corrected chi connectivity index (χ3v) is 5.27. The lowest BCUT2D eigenvalue weighted by molar-refractivity contribution is -0.113. The van der Waals surface area contributed by atoms with Gasteiger partial charge in [0.2, 0.25) is 12.7 Å². The predicted molar refractivity (Wildman–Crippen MR) is 96.2 cm³/mol. The van der Waals surface area contributed by atoms with Crippen molar-refractivity contribution in [1.82, 2.24) is 0 Å². The van der Waals surface area contributed by atoms with E-state index in [2.05, 4.69) is 21.2 Å². The lowest BCUT2D eigenvalue weighted by atomic mass is 10.2. The summed E-state index contributed by atoms with van der Waals surface area (Å²) in [5, 5.41) is 2.91. The fraction of sp³-hybridized carbons (Fsp3) is 0.235. The van der Waals surface area contributed by atoms with Crippen LogP contribution in [0.4, 0.5) is 5.69 Å². The summed E-state index contributed by atoms with van der Waals surface area (Å²) in [6, 6.07) is 11.6. The molecule has 0 saturated heterocycles. The molecule has 2 aromatic rings. The highest BCUT2D eigenvalue weighted by atomic mass is 79.9. The van der Waals surface area contributed by atoms with Gasteiger partial charge >= 0.3 is 0 Å². The van der Waals surface area contributed by atoms with E-state index < -0.39 is 0 Å². The number of hydrogen-bond donors (Lipinski definition) is 1. The fourth-order valence-corrected chi connectivity index (χ4v) is 3.23. The molecule has 0 bridgehead atoms. The second-order valence-corrected chi connectivity index (χ2v) is 7.03. The van der Waals surface area contributed by atoms with Gasteiger partial charge in [-0.2, -0.15) is 0 Å². The summed E-state index contributed by atoms with van der Waals surface area (Å²) in [6.07, 6.45) is 0. The van der Waals surface area contributed by atoms with E-state index >= 15 is 0 Å². The van der Waals surface area contributed by atoms with E-state index in [1.807, 2.05) is 43.3 Å². The number of fused-ring (bicyclic) bond motifs is 1. The van der Waals surface area contributed by atoms with Crippen molar-refractivity contribution in [2.75, 3.05) is 17.9 Å². The molecule has 0 aliphatic carbocycles. The zero-order valence-electron chi connectivity index (χ0n) is 12.6. The number of amides is 1. The predicted octanol–water partition coefficient (Wildman–Crippen LogP) is 4.36. The highest BCUT2D eigenvalue weighted by Crippen LogP contribution is 2.33. The molecule has 4 nitrogen and oxygen atoms in total. The van der Waals surface area contributed by atoms with Crippen molar-refractivity contribution >= 4 is 39.3 Å². The second-order valence-electron chi connectivity index (χ2n) is 5.19. The summed E-state index contributed by atoms with van der Waals surface area (Å²) in [4.78, 5) is 12.0. The van der Waals surface area contributed by atoms with Crippen LogP contribution in [0.25, 0.3) is 0 Å². The smallest absolute Gasteiger partial charge is 0.234 e. The first-order chi connectivity index (χ1) is 11.1. The largest absolute Gasteiger partial charge is 0.454 e. The molecule has 23 heavy (non-hydrogen) atoms. The molecule has 6 heteroatoms. The van der Waals surface area contributed by atoms with E-state index in [1.165, 1.54) is 0 Å².